The highest BCUT2D eigenvalue weighted by molar-refractivity contribution is 6.05. The zero-order chi connectivity index (χ0) is 20.2. The predicted molar refractivity (Wildman–Crippen MR) is 112 cm³/mol. The number of carbonyl (C=O) groups excluding carboxylic acids is 1. The molecular formula is C23H19FN4O. The smallest absolute Gasteiger partial charge is 0.259 e. The molecule has 1 aromatic heterocycles. The van der Waals surface area contributed by atoms with Crippen LogP contribution in [0, 0.1) is 12.7 Å². The van der Waals surface area contributed by atoms with Crippen LogP contribution in [0.25, 0.3) is 5.69 Å². The van der Waals surface area contributed by atoms with Crippen LogP contribution < -0.4 is 10.6 Å². The lowest BCUT2D eigenvalue weighted by molar-refractivity contribution is 0.102. The molecule has 4 rings (SSSR count). The van der Waals surface area contributed by atoms with Gasteiger partial charge >= 0.3 is 0 Å². The second kappa shape index (κ2) is 7.98. The van der Waals surface area contributed by atoms with Crippen molar-refractivity contribution in [2.24, 2.45) is 0 Å². The first-order valence-corrected chi connectivity index (χ1v) is 9.15. The summed E-state index contributed by atoms with van der Waals surface area (Å²) in [5, 5.41) is 10.3. The maximum atomic E-state index is 14.0. The zero-order valence-electron chi connectivity index (χ0n) is 15.8. The molecule has 6 heteroatoms. The van der Waals surface area contributed by atoms with Crippen molar-refractivity contribution in [2.45, 2.75) is 6.92 Å². The van der Waals surface area contributed by atoms with Gasteiger partial charge in [-0.3, -0.25) is 4.79 Å². The third-order valence-electron chi connectivity index (χ3n) is 4.54. The van der Waals surface area contributed by atoms with E-state index in [1.54, 1.807) is 25.1 Å². The van der Waals surface area contributed by atoms with E-state index in [0.29, 0.717) is 22.6 Å². The summed E-state index contributed by atoms with van der Waals surface area (Å²) in [6.45, 7) is 1.74. The lowest BCUT2D eigenvalue weighted by Gasteiger charge is -2.09. The molecule has 2 N–H and O–H groups in total. The van der Waals surface area contributed by atoms with Crippen molar-refractivity contribution in [1.29, 1.82) is 0 Å². The molecule has 0 saturated carbocycles. The highest BCUT2D eigenvalue weighted by Crippen LogP contribution is 2.21. The van der Waals surface area contributed by atoms with E-state index in [9.17, 15) is 9.18 Å². The number of halogens is 1. The van der Waals surface area contributed by atoms with Gasteiger partial charge < -0.3 is 10.6 Å². The van der Waals surface area contributed by atoms with E-state index in [2.05, 4.69) is 15.7 Å². The third-order valence-corrected chi connectivity index (χ3v) is 4.54. The summed E-state index contributed by atoms with van der Waals surface area (Å²) in [4.78, 5) is 12.7. The molecule has 3 aromatic carbocycles. The summed E-state index contributed by atoms with van der Waals surface area (Å²) in [7, 11) is 0. The summed E-state index contributed by atoms with van der Waals surface area (Å²) in [6.07, 6.45) is 1.45. The SMILES string of the molecule is Cc1c(C(=O)Nc2ccc(Nc3ccccc3)cc2)cnn1-c1ccccc1F. The van der Waals surface area contributed by atoms with Crippen molar-refractivity contribution in [3.8, 4) is 5.69 Å². The molecule has 0 spiro atoms. The predicted octanol–water partition coefficient (Wildman–Crippen LogP) is 5.32. The fourth-order valence-corrected chi connectivity index (χ4v) is 3.02. The van der Waals surface area contributed by atoms with Crippen LogP contribution in [0.1, 0.15) is 16.1 Å². The molecule has 0 aliphatic rings. The van der Waals surface area contributed by atoms with Gasteiger partial charge in [-0.15, -0.1) is 0 Å². The van der Waals surface area contributed by atoms with Crippen LogP contribution in [0.3, 0.4) is 0 Å². The van der Waals surface area contributed by atoms with Gasteiger partial charge in [-0.25, -0.2) is 9.07 Å². The fourth-order valence-electron chi connectivity index (χ4n) is 3.02. The minimum atomic E-state index is -0.396. The number of hydrogen-bond donors (Lipinski definition) is 2. The summed E-state index contributed by atoms with van der Waals surface area (Å²) in [5.41, 5.74) is 3.82. The summed E-state index contributed by atoms with van der Waals surface area (Å²) in [5.74, 6) is -0.693. The summed E-state index contributed by atoms with van der Waals surface area (Å²) >= 11 is 0. The number of benzene rings is 3. The molecule has 144 valence electrons. The Kier molecular flexibility index (Phi) is 5.07. The Bertz CT molecular complexity index is 1140. The molecule has 0 unspecified atom stereocenters. The van der Waals surface area contributed by atoms with Gasteiger partial charge in [-0.2, -0.15) is 5.10 Å². The molecular weight excluding hydrogens is 367 g/mol. The van der Waals surface area contributed by atoms with Crippen LogP contribution in [0.5, 0.6) is 0 Å². The number of rotatable bonds is 5. The number of hydrogen-bond acceptors (Lipinski definition) is 3. The Morgan fingerprint density at radius 1 is 0.862 bits per heavy atom. The van der Waals surface area contributed by atoms with Crippen LogP contribution in [0.4, 0.5) is 21.5 Å². The molecule has 0 aliphatic heterocycles. The average molecular weight is 386 g/mol. The molecule has 0 saturated heterocycles. The Morgan fingerprint density at radius 2 is 1.48 bits per heavy atom. The first-order chi connectivity index (χ1) is 14.1. The van der Waals surface area contributed by atoms with Gasteiger partial charge in [0, 0.05) is 17.1 Å². The zero-order valence-corrected chi connectivity index (χ0v) is 15.8. The van der Waals surface area contributed by atoms with E-state index in [-0.39, 0.29) is 5.91 Å². The molecule has 5 nitrogen and oxygen atoms in total. The second-order valence-corrected chi connectivity index (χ2v) is 6.53. The molecule has 0 atom stereocenters. The molecule has 29 heavy (non-hydrogen) atoms. The van der Waals surface area contributed by atoms with Crippen LogP contribution in [-0.4, -0.2) is 15.7 Å². The maximum Gasteiger partial charge on any atom is 0.259 e. The normalized spacial score (nSPS) is 10.6. The number of nitrogens with one attached hydrogen (secondary N) is 2. The Morgan fingerprint density at radius 3 is 2.21 bits per heavy atom. The van der Waals surface area contributed by atoms with Gasteiger partial charge in [-0.05, 0) is 55.5 Å². The Hall–Kier alpha value is -3.93. The number of anilines is 3. The van der Waals surface area contributed by atoms with Gasteiger partial charge in [0.2, 0.25) is 0 Å². The molecule has 1 amide bonds. The Labute approximate surface area is 167 Å². The van der Waals surface area contributed by atoms with Gasteiger partial charge in [0.05, 0.1) is 17.5 Å². The van der Waals surface area contributed by atoms with Crippen molar-refractivity contribution >= 4 is 23.0 Å². The maximum absolute atomic E-state index is 14.0. The molecule has 0 fully saturated rings. The van der Waals surface area contributed by atoms with Crippen LogP contribution in [0.15, 0.2) is 85.1 Å². The average Bonchev–Trinajstić information content (AvgIpc) is 3.12. The lowest BCUT2D eigenvalue weighted by atomic mass is 10.2. The minimum absolute atomic E-state index is 0.297. The van der Waals surface area contributed by atoms with E-state index >= 15 is 0 Å². The van der Waals surface area contributed by atoms with Crippen LogP contribution in [0.2, 0.25) is 0 Å². The first-order valence-electron chi connectivity index (χ1n) is 9.15. The van der Waals surface area contributed by atoms with Gasteiger partial charge in [0.15, 0.2) is 0 Å². The lowest BCUT2D eigenvalue weighted by Crippen LogP contribution is -2.13. The molecule has 4 aromatic rings. The van der Waals surface area contributed by atoms with E-state index in [4.69, 9.17) is 0 Å². The van der Waals surface area contributed by atoms with Crippen molar-refractivity contribution in [2.75, 3.05) is 10.6 Å². The van der Waals surface area contributed by atoms with Crippen LogP contribution in [-0.2, 0) is 0 Å². The molecule has 1 heterocycles. The minimum Gasteiger partial charge on any atom is -0.356 e. The van der Waals surface area contributed by atoms with Crippen molar-refractivity contribution in [1.82, 2.24) is 9.78 Å². The van der Waals surface area contributed by atoms with E-state index < -0.39 is 5.82 Å². The third kappa shape index (κ3) is 4.01. The highest BCUT2D eigenvalue weighted by atomic mass is 19.1. The number of nitrogens with zero attached hydrogens (tertiary/aromatic N) is 2. The quantitative estimate of drug-likeness (QED) is 0.488. The monoisotopic (exact) mass is 386 g/mol. The van der Waals surface area contributed by atoms with E-state index in [1.165, 1.54) is 16.9 Å². The van der Waals surface area contributed by atoms with Gasteiger partial charge in [0.25, 0.3) is 5.91 Å². The topological polar surface area (TPSA) is 59.0 Å². The second-order valence-electron chi connectivity index (χ2n) is 6.53. The summed E-state index contributed by atoms with van der Waals surface area (Å²) < 4.78 is 15.5. The van der Waals surface area contributed by atoms with Crippen molar-refractivity contribution in [3.63, 3.8) is 0 Å². The van der Waals surface area contributed by atoms with Crippen LogP contribution >= 0.6 is 0 Å². The highest BCUT2D eigenvalue weighted by Gasteiger charge is 2.17. The number of aromatic nitrogens is 2. The fraction of sp³-hybridized carbons (Fsp3) is 0.0435. The van der Waals surface area contributed by atoms with E-state index in [1.807, 2.05) is 54.6 Å². The van der Waals surface area contributed by atoms with Crippen molar-refractivity contribution in [3.05, 3.63) is 102 Å². The summed E-state index contributed by atoms with van der Waals surface area (Å²) in [6, 6.07) is 23.6. The largest absolute Gasteiger partial charge is 0.356 e. The molecule has 0 radical (unpaired) electrons. The first kappa shape index (κ1) is 18.4. The molecule has 0 bridgehead atoms. The number of para-hydroxylation sites is 2. The van der Waals surface area contributed by atoms with Gasteiger partial charge in [-0.1, -0.05) is 30.3 Å². The van der Waals surface area contributed by atoms with Gasteiger partial charge in [0.1, 0.15) is 11.5 Å². The van der Waals surface area contributed by atoms with E-state index in [0.717, 1.165) is 11.4 Å². The molecule has 0 aliphatic carbocycles. The van der Waals surface area contributed by atoms with Crippen molar-refractivity contribution < 1.29 is 9.18 Å². The Balaban J connectivity index is 1.48. The number of amides is 1. The standard InChI is InChI=1S/C23H19FN4O/c1-16-20(15-25-28(16)22-10-6-5-9-21(22)24)23(29)27-19-13-11-18(12-14-19)26-17-7-3-2-4-8-17/h2-15,26H,1H3,(H,27,29). The number of carbonyl (C=O) groups is 1.